The molecule has 0 aromatic rings. The molecule has 2 heteroatoms. The summed E-state index contributed by atoms with van der Waals surface area (Å²) in [6.45, 7) is 6.51. The molecule has 0 heterocycles. The van der Waals surface area contributed by atoms with Crippen molar-refractivity contribution in [1.82, 2.24) is 0 Å². The molecule has 0 aliphatic heterocycles. The van der Waals surface area contributed by atoms with Crippen LogP contribution in [0.25, 0.3) is 0 Å². The molecule has 3 saturated carbocycles. The molecule has 3 fully saturated rings. The molecule has 3 aliphatic rings. The van der Waals surface area contributed by atoms with E-state index < -0.39 is 0 Å². The van der Waals surface area contributed by atoms with Gasteiger partial charge in [0, 0.05) is 23.7 Å². The van der Waals surface area contributed by atoms with Crippen LogP contribution in [0.5, 0.6) is 0 Å². The average molecular weight is 220 g/mol. The first-order valence-corrected chi connectivity index (χ1v) is 6.54. The second-order valence-electron chi connectivity index (χ2n) is 6.56. The Morgan fingerprint density at radius 3 is 2.62 bits per heavy atom. The molecule has 0 aromatic carbocycles. The van der Waals surface area contributed by atoms with E-state index in [-0.39, 0.29) is 17.3 Å². The van der Waals surface area contributed by atoms with E-state index in [2.05, 4.69) is 13.8 Å². The average Bonchev–Trinajstić information content (AvgIpc) is 2.61. The first kappa shape index (κ1) is 10.5. The Morgan fingerprint density at radius 1 is 1.31 bits per heavy atom. The first-order valence-electron chi connectivity index (χ1n) is 6.54. The van der Waals surface area contributed by atoms with Crippen LogP contribution in [0.4, 0.5) is 0 Å². The van der Waals surface area contributed by atoms with Crippen LogP contribution < -0.4 is 0 Å². The van der Waals surface area contributed by atoms with Crippen LogP contribution in [-0.2, 0) is 9.59 Å². The number of ketones is 2. The van der Waals surface area contributed by atoms with Crippen LogP contribution in [0.3, 0.4) is 0 Å². The predicted molar refractivity (Wildman–Crippen MR) is 60.8 cm³/mol. The maximum absolute atomic E-state index is 12.3. The molecule has 3 rings (SSSR count). The highest BCUT2D eigenvalue weighted by atomic mass is 16.1. The maximum Gasteiger partial charge on any atom is 0.143 e. The fraction of sp³-hybridized carbons (Fsp3) is 0.857. The molecule has 0 saturated heterocycles. The molecular formula is C14H20O2. The molecule has 3 aliphatic carbocycles. The number of rotatable bonds is 1. The van der Waals surface area contributed by atoms with E-state index in [1.165, 1.54) is 0 Å². The first-order chi connectivity index (χ1) is 7.47. The highest BCUT2D eigenvalue weighted by Crippen LogP contribution is 2.64. The van der Waals surface area contributed by atoms with E-state index in [0.29, 0.717) is 35.7 Å². The van der Waals surface area contributed by atoms with Crippen molar-refractivity contribution in [3.8, 4) is 0 Å². The lowest BCUT2D eigenvalue weighted by Crippen LogP contribution is -2.42. The van der Waals surface area contributed by atoms with Crippen molar-refractivity contribution < 1.29 is 9.59 Å². The van der Waals surface area contributed by atoms with Gasteiger partial charge < -0.3 is 0 Å². The summed E-state index contributed by atoms with van der Waals surface area (Å²) in [6, 6.07) is 0. The van der Waals surface area contributed by atoms with Crippen molar-refractivity contribution >= 4 is 11.6 Å². The minimum absolute atomic E-state index is 0.0751. The number of carbonyl (C=O) groups is 2. The quantitative estimate of drug-likeness (QED) is 0.680. The summed E-state index contributed by atoms with van der Waals surface area (Å²) in [4.78, 5) is 24.3. The van der Waals surface area contributed by atoms with Crippen LogP contribution in [0, 0.1) is 35.0 Å². The largest absolute Gasteiger partial charge is 0.299 e. The number of hydrogen-bond acceptors (Lipinski definition) is 2. The van der Waals surface area contributed by atoms with E-state index in [1.54, 1.807) is 0 Å². The SMILES string of the molecule is CC(C)[C@@H]1CC[C@]2(C)C(=O)[C@H]3CC(=O)[C@@H]2[C@H]31. The lowest BCUT2D eigenvalue weighted by atomic mass is 9.62. The molecule has 4 bridgehead atoms. The van der Waals surface area contributed by atoms with E-state index >= 15 is 0 Å². The fourth-order valence-corrected chi connectivity index (χ4v) is 4.81. The monoisotopic (exact) mass is 220 g/mol. The van der Waals surface area contributed by atoms with Crippen molar-refractivity contribution in [2.75, 3.05) is 0 Å². The van der Waals surface area contributed by atoms with Gasteiger partial charge in [-0.25, -0.2) is 0 Å². The second-order valence-corrected chi connectivity index (χ2v) is 6.56. The minimum atomic E-state index is -0.282. The molecule has 2 nitrogen and oxygen atoms in total. The summed E-state index contributed by atoms with van der Waals surface area (Å²) >= 11 is 0. The Morgan fingerprint density at radius 2 is 2.00 bits per heavy atom. The zero-order valence-electron chi connectivity index (χ0n) is 10.3. The third-order valence-corrected chi connectivity index (χ3v) is 5.55. The smallest absolute Gasteiger partial charge is 0.143 e. The fourth-order valence-electron chi connectivity index (χ4n) is 4.81. The minimum Gasteiger partial charge on any atom is -0.299 e. The molecule has 16 heavy (non-hydrogen) atoms. The lowest BCUT2D eigenvalue weighted by Gasteiger charge is -2.40. The van der Waals surface area contributed by atoms with Gasteiger partial charge >= 0.3 is 0 Å². The van der Waals surface area contributed by atoms with Gasteiger partial charge in [-0.2, -0.15) is 0 Å². The highest BCUT2D eigenvalue weighted by Gasteiger charge is 2.68. The van der Waals surface area contributed by atoms with Crippen LogP contribution in [-0.4, -0.2) is 11.6 Å². The molecule has 88 valence electrons. The zero-order valence-corrected chi connectivity index (χ0v) is 10.3. The van der Waals surface area contributed by atoms with E-state index in [4.69, 9.17) is 0 Å². The predicted octanol–water partition coefficient (Wildman–Crippen LogP) is 2.46. The van der Waals surface area contributed by atoms with Gasteiger partial charge in [-0.05, 0) is 30.6 Å². The van der Waals surface area contributed by atoms with Gasteiger partial charge in [0.25, 0.3) is 0 Å². The van der Waals surface area contributed by atoms with Gasteiger partial charge in [-0.3, -0.25) is 9.59 Å². The summed E-state index contributed by atoms with van der Waals surface area (Å²) in [5.41, 5.74) is -0.282. The maximum atomic E-state index is 12.3. The Bertz CT molecular complexity index is 371. The van der Waals surface area contributed by atoms with Gasteiger partial charge in [0.2, 0.25) is 0 Å². The van der Waals surface area contributed by atoms with Gasteiger partial charge in [0.05, 0.1) is 0 Å². The van der Waals surface area contributed by atoms with Gasteiger partial charge in [-0.1, -0.05) is 20.8 Å². The summed E-state index contributed by atoms with van der Waals surface area (Å²) in [7, 11) is 0. The van der Waals surface area contributed by atoms with Crippen molar-refractivity contribution in [1.29, 1.82) is 0 Å². The van der Waals surface area contributed by atoms with Crippen molar-refractivity contribution in [2.24, 2.45) is 35.0 Å². The van der Waals surface area contributed by atoms with Gasteiger partial charge in [-0.15, -0.1) is 0 Å². The lowest BCUT2D eigenvalue weighted by molar-refractivity contribution is -0.140. The van der Waals surface area contributed by atoms with E-state index in [9.17, 15) is 9.59 Å². The Hall–Kier alpha value is -0.660. The molecule has 0 aromatic heterocycles. The van der Waals surface area contributed by atoms with Crippen LogP contribution in [0.2, 0.25) is 0 Å². The standard InChI is InChI=1S/C14H20O2/c1-7(2)8-4-5-14(3)12-10(15)6-9(11(8)12)13(14)16/h7-9,11-12H,4-6H2,1-3H3/t8-,9-,11-,12+,14-/m0/s1. The summed E-state index contributed by atoms with van der Waals surface area (Å²) < 4.78 is 0. The summed E-state index contributed by atoms with van der Waals surface area (Å²) in [5, 5.41) is 0. The normalized spacial score (nSPS) is 50.5. The van der Waals surface area contributed by atoms with E-state index in [0.717, 1.165) is 12.8 Å². The van der Waals surface area contributed by atoms with Crippen LogP contribution in [0.1, 0.15) is 40.0 Å². The van der Waals surface area contributed by atoms with Crippen molar-refractivity contribution in [2.45, 2.75) is 40.0 Å². The molecule has 0 spiro atoms. The van der Waals surface area contributed by atoms with Crippen molar-refractivity contribution in [3.63, 3.8) is 0 Å². The number of Topliss-reactive ketones (excluding diaryl/α,β-unsaturated/α-hetero) is 2. The topological polar surface area (TPSA) is 34.1 Å². The number of hydrogen-bond donors (Lipinski definition) is 0. The highest BCUT2D eigenvalue weighted by molar-refractivity contribution is 6.04. The third-order valence-electron chi connectivity index (χ3n) is 5.55. The van der Waals surface area contributed by atoms with Crippen LogP contribution in [0.15, 0.2) is 0 Å². The molecule has 0 radical (unpaired) electrons. The molecule has 0 amide bonds. The van der Waals surface area contributed by atoms with Gasteiger partial charge in [0.1, 0.15) is 11.6 Å². The Balaban J connectivity index is 2.06. The molecule has 0 unspecified atom stereocenters. The van der Waals surface area contributed by atoms with Crippen LogP contribution >= 0.6 is 0 Å². The van der Waals surface area contributed by atoms with Gasteiger partial charge in [0.15, 0.2) is 0 Å². The Kier molecular flexibility index (Phi) is 1.94. The van der Waals surface area contributed by atoms with E-state index in [1.807, 2.05) is 6.92 Å². The zero-order chi connectivity index (χ0) is 11.7. The molecule has 5 atom stereocenters. The summed E-state index contributed by atoms with van der Waals surface area (Å²) in [5.74, 6) is 2.53. The van der Waals surface area contributed by atoms with Crippen molar-refractivity contribution in [3.05, 3.63) is 0 Å². The molecular weight excluding hydrogens is 200 g/mol. The Labute approximate surface area is 96.8 Å². The number of carbonyl (C=O) groups excluding carboxylic acids is 2. The molecule has 0 N–H and O–H groups in total. The summed E-state index contributed by atoms with van der Waals surface area (Å²) in [6.07, 6.45) is 2.63. The second kappa shape index (κ2) is 2.96. The third kappa shape index (κ3) is 0.988.